The van der Waals surface area contributed by atoms with Gasteiger partial charge in [0.1, 0.15) is 0 Å². The van der Waals surface area contributed by atoms with Gasteiger partial charge in [0.05, 0.1) is 18.4 Å². The summed E-state index contributed by atoms with van der Waals surface area (Å²) in [6.07, 6.45) is 0.520. The van der Waals surface area contributed by atoms with Crippen molar-refractivity contribution in [1.82, 2.24) is 4.13 Å². The van der Waals surface area contributed by atoms with Crippen LogP contribution in [-0.2, 0) is 29.6 Å². The molecule has 16 heteroatoms. The van der Waals surface area contributed by atoms with Crippen molar-refractivity contribution >= 4 is 26.0 Å². The average molecular weight is 491 g/mol. The Labute approximate surface area is 166 Å². The van der Waals surface area contributed by atoms with Gasteiger partial charge in [-0.3, -0.25) is 4.79 Å². The summed E-state index contributed by atoms with van der Waals surface area (Å²) in [5.41, 5.74) is -7.19. The van der Waals surface area contributed by atoms with E-state index in [1.807, 2.05) is 0 Å². The summed E-state index contributed by atoms with van der Waals surface area (Å²) in [7, 11) is -13.9. The Balaban J connectivity index is 1.64. The lowest BCUT2D eigenvalue weighted by Gasteiger charge is -2.28. The zero-order chi connectivity index (χ0) is 23.0. The number of carbonyl (C=O) groups excluding carboxylic acids is 1. The van der Waals surface area contributed by atoms with Crippen molar-refractivity contribution in [2.24, 2.45) is 23.2 Å². The van der Waals surface area contributed by atoms with Gasteiger partial charge >= 0.3 is 32.7 Å². The number of hydrogen-bond donors (Lipinski definition) is 1. The van der Waals surface area contributed by atoms with Gasteiger partial charge < -0.3 is 4.74 Å². The molecule has 4 saturated carbocycles. The van der Waals surface area contributed by atoms with Crippen molar-refractivity contribution in [2.45, 2.75) is 48.8 Å². The second-order valence-corrected chi connectivity index (χ2v) is 11.6. The SMILES string of the molecule is O=C(OCCC(F)(F)C(F)(F)S(=O)(=O)NS(=O)(=O)C(F)(F)F)C12CC3CC1CC3C2. The molecule has 0 spiro atoms. The van der Waals surface area contributed by atoms with E-state index in [1.54, 1.807) is 0 Å². The molecule has 174 valence electrons. The quantitative estimate of drug-likeness (QED) is 0.413. The predicted molar refractivity (Wildman–Crippen MR) is 83.9 cm³/mol. The van der Waals surface area contributed by atoms with Gasteiger partial charge in [0, 0.05) is 0 Å². The van der Waals surface area contributed by atoms with Gasteiger partial charge in [0.2, 0.25) is 0 Å². The highest BCUT2D eigenvalue weighted by atomic mass is 32.3. The Kier molecular flexibility index (Phi) is 5.22. The Bertz CT molecular complexity index is 932. The highest BCUT2D eigenvalue weighted by molar-refractivity contribution is 8.05. The maximum Gasteiger partial charge on any atom is 0.512 e. The summed E-state index contributed by atoms with van der Waals surface area (Å²) in [5.74, 6) is -5.73. The molecule has 4 aliphatic carbocycles. The minimum Gasteiger partial charge on any atom is -0.465 e. The fraction of sp³-hybridized carbons (Fsp3) is 0.929. The number of hydrogen-bond acceptors (Lipinski definition) is 6. The van der Waals surface area contributed by atoms with E-state index in [0.29, 0.717) is 24.7 Å². The molecule has 0 saturated heterocycles. The van der Waals surface area contributed by atoms with Crippen LogP contribution in [0.3, 0.4) is 0 Å². The number of ether oxygens (including phenoxy) is 1. The van der Waals surface area contributed by atoms with E-state index in [0.717, 1.165) is 12.8 Å². The summed E-state index contributed by atoms with van der Waals surface area (Å²) in [6.45, 7) is -1.33. The van der Waals surface area contributed by atoms with Crippen LogP contribution in [-0.4, -0.2) is 46.1 Å². The first-order valence-corrected chi connectivity index (χ1v) is 11.6. The number of nitrogens with one attached hydrogen (secondary N) is 1. The first kappa shape index (κ1) is 23.5. The van der Waals surface area contributed by atoms with E-state index in [-0.39, 0.29) is 5.92 Å². The van der Waals surface area contributed by atoms with Gasteiger partial charge in [-0.15, -0.1) is 0 Å². The minimum absolute atomic E-state index is 0.0131. The topological polar surface area (TPSA) is 107 Å². The van der Waals surface area contributed by atoms with Crippen LogP contribution in [0.15, 0.2) is 0 Å². The van der Waals surface area contributed by atoms with Crippen LogP contribution in [0, 0.1) is 23.2 Å². The maximum atomic E-state index is 13.8. The number of rotatable bonds is 8. The summed E-state index contributed by atoms with van der Waals surface area (Å²) in [6, 6.07) is 0. The first-order chi connectivity index (χ1) is 13.4. The second kappa shape index (κ2) is 6.67. The van der Waals surface area contributed by atoms with Gasteiger partial charge in [-0.05, 0) is 43.4 Å². The zero-order valence-corrected chi connectivity index (χ0v) is 16.5. The third kappa shape index (κ3) is 3.38. The van der Waals surface area contributed by atoms with Crippen molar-refractivity contribution in [2.75, 3.05) is 6.61 Å². The summed E-state index contributed by atoms with van der Waals surface area (Å²) < 4.78 is 140. The fourth-order valence-corrected chi connectivity index (χ4v) is 7.30. The van der Waals surface area contributed by atoms with Crippen molar-refractivity contribution in [1.29, 1.82) is 0 Å². The molecule has 2 atom stereocenters. The summed E-state index contributed by atoms with van der Waals surface area (Å²) >= 11 is 0. The molecule has 0 aromatic rings. The number of carbonyl (C=O) groups is 1. The largest absolute Gasteiger partial charge is 0.512 e. The Morgan fingerprint density at radius 1 is 0.933 bits per heavy atom. The number of sulfonamides is 2. The van der Waals surface area contributed by atoms with E-state index in [4.69, 9.17) is 0 Å². The normalized spacial score (nSPS) is 31.5. The van der Waals surface area contributed by atoms with E-state index in [2.05, 4.69) is 4.74 Å². The van der Waals surface area contributed by atoms with Crippen molar-refractivity contribution in [3.05, 3.63) is 0 Å². The summed E-state index contributed by atoms with van der Waals surface area (Å²) in [4.78, 5) is 12.3. The van der Waals surface area contributed by atoms with E-state index >= 15 is 0 Å². The molecule has 0 aromatic heterocycles. The minimum atomic E-state index is -7.02. The van der Waals surface area contributed by atoms with E-state index < -0.39 is 65.3 Å². The third-order valence-corrected chi connectivity index (χ3v) is 9.56. The number of halogens is 7. The second-order valence-electron chi connectivity index (χ2n) is 7.90. The Hall–Kier alpha value is -1.16. The third-order valence-electron chi connectivity index (χ3n) is 6.22. The van der Waals surface area contributed by atoms with Crippen molar-refractivity contribution in [3.63, 3.8) is 0 Å². The molecule has 0 radical (unpaired) electrons. The molecule has 0 aliphatic heterocycles. The highest BCUT2D eigenvalue weighted by Crippen LogP contribution is 2.70. The molecular weight excluding hydrogens is 475 g/mol. The molecule has 7 nitrogen and oxygen atoms in total. The zero-order valence-electron chi connectivity index (χ0n) is 14.9. The fourth-order valence-electron chi connectivity index (χ4n) is 4.85. The molecule has 1 N–H and O–H groups in total. The first-order valence-electron chi connectivity index (χ1n) is 8.64. The predicted octanol–water partition coefficient (Wildman–Crippen LogP) is 2.35. The number of esters is 1. The molecule has 4 fully saturated rings. The van der Waals surface area contributed by atoms with Crippen molar-refractivity contribution < 1.29 is 57.1 Å². The average Bonchev–Trinajstić information content (AvgIpc) is 3.26. The maximum absolute atomic E-state index is 13.8. The monoisotopic (exact) mass is 491 g/mol. The van der Waals surface area contributed by atoms with Gasteiger partial charge in [-0.25, -0.2) is 16.8 Å². The van der Waals surface area contributed by atoms with Gasteiger partial charge in [0.15, 0.2) is 0 Å². The molecule has 4 rings (SSSR count). The van der Waals surface area contributed by atoms with Crippen LogP contribution in [0.25, 0.3) is 0 Å². The van der Waals surface area contributed by atoms with Crippen molar-refractivity contribution in [3.8, 4) is 0 Å². The van der Waals surface area contributed by atoms with Crippen LogP contribution in [0.5, 0.6) is 0 Å². The van der Waals surface area contributed by atoms with Crippen LogP contribution in [0.4, 0.5) is 30.7 Å². The molecule has 2 unspecified atom stereocenters. The van der Waals surface area contributed by atoms with Gasteiger partial charge in [-0.2, -0.15) is 30.7 Å². The number of alkyl halides is 7. The van der Waals surface area contributed by atoms with E-state index in [9.17, 15) is 52.4 Å². The lowest BCUT2D eigenvalue weighted by atomic mass is 9.81. The van der Waals surface area contributed by atoms with Crippen LogP contribution < -0.4 is 4.13 Å². The smallest absolute Gasteiger partial charge is 0.465 e. The van der Waals surface area contributed by atoms with Crippen LogP contribution >= 0.6 is 0 Å². The molecule has 0 aromatic carbocycles. The molecule has 0 amide bonds. The Morgan fingerprint density at radius 3 is 1.83 bits per heavy atom. The van der Waals surface area contributed by atoms with Crippen LogP contribution in [0.1, 0.15) is 32.1 Å². The van der Waals surface area contributed by atoms with Gasteiger partial charge in [-0.1, -0.05) is 4.13 Å². The molecular formula is C14H16F7NO6S2. The molecule has 30 heavy (non-hydrogen) atoms. The molecule has 4 aliphatic rings. The molecule has 0 heterocycles. The summed E-state index contributed by atoms with van der Waals surface area (Å²) in [5, 5.41) is -6.24. The lowest BCUT2D eigenvalue weighted by Crippen LogP contribution is -2.55. The van der Waals surface area contributed by atoms with Gasteiger partial charge in [0.25, 0.3) is 10.0 Å². The van der Waals surface area contributed by atoms with E-state index in [1.165, 1.54) is 0 Å². The Morgan fingerprint density at radius 2 is 1.43 bits per heavy atom. The van der Waals surface area contributed by atoms with Crippen LogP contribution in [0.2, 0.25) is 0 Å². The highest BCUT2D eigenvalue weighted by Gasteiger charge is 2.69. The lowest BCUT2D eigenvalue weighted by molar-refractivity contribution is -0.177. The molecule has 4 bridgehead atoms. The standard InChI is InChI=1S/C14H16F7NO6S2/c15-12(16,13(17,18)29(24,25)22-30(26,27)14(19,20)21)1-2-28-10(23)11-5-7-3-9(11)4-8(7)6-11/h7-9,22H,1-6H2.